The fraction of sp³-hybridized carbons (Fsp3) is 0.273. The fourth-order valence-corrected chi connectivity index (χ4v) is 4.11. The first kappa shape index (κ1) is 18.3. The Kier molecular flexibility index (Phi) is 4.62. The molecule has 1 fully saturated rings. The molecule has 0 saturated carbocycles. The summed E-state index contributed by atoms with van der Waals surface area (Å²) in [7, 11) is -0.331. The van der Waals surface area contributed by atoms with Gasteiger partial charge in [0.2, 0.25) is 0 Å². The van der Waals surface area contributed by atoms with Gasteiger partial charge >= 0.3 is 7.12 Å². The Balaban J connectivity index is 1.70. The van der Waals surface area contributed by atoms with E-state index in [-0.39, 0.29) is 18.3 Å². The van der Waals surface area contributed by atoms with E-state index >= 15 is 0 Å². The van der Waals surface area contributed by atoms with Crippen molar-refractivity contribution in [1.82, 2.24) is 0 Å². The van der Waals surface area contributed by atoms with Crippen LogP contribution in [0.3, 0.4) is 0 Å². The third kappa shape index (κ3) is 3.43. The molecule has 0 radical (unpaired) electrons. The summed E-state index contributed by atoms with van der Waals surface area (Å²) in [6, 6.07) is 25.1. The van der Waals surface area contributed by atoms with E-state index < -0.39 is 0 Å². The molecule has 0 bridgehead atoms. The van der Waals surface area contributed by atoms with E-state index in [0.717, 1.165) is 21.2 Å². The lowest BCUT2D eigenvalue weighted by atomic mass is 9.88. The zero-order chi connectivity index (χ0) is 19.1. The van der Waals surface area contributed by atoms with E-state index in [0.29, 0.717) is 0 Å². The zero-order valence-corrected chi connectivity index (χ0v) is 17.0. The van der Waals surface area contributed by atoms with E-state index in [1.54, 1.807) is 11.3 Å². The van der Waals surface area contributed by atoms with Crippen LogP contribution in [0.5, 0.6) is 0 Å². The molecule has 0 aliphatic carbocycles. The molecule has 0 atom stereocenters. The van der Waals surface area contributed by atoms with E-state index in [1.807, 2.05) is 12.1 Å². The van der Waals surface area contributed by atoms with Crippen molar-refractivity contribution in [3.05, 3.63) is 72.8 Å². The van der Waals surface area contributed by atoms with Gasteiger partial charge in [-0.1, -0.05) is 36.4 Å². The highest BCUT2D eigenvalue weighted by Gasteiger charge is 2.52. The molecule has 138 valence electrons. The van der Waals surface area contributed by atoms with Gasteiger partial charge in [0, 0.05) is 16.2 Å². The quantitative estimate of drug-likeness (QED) is 0.559. The van der Waals surface area contributed by atoms with Crippen molar-refractivity contribution >= 4 is 39.6 Å². The van der Waals surface area contributed by atoms with Gasteiger partial charge in [-0.05, 0) is 64.1 Å². The average molecular weight is 377 g/mol. The summed E-state index contributed by atoms with van der Waals surface area (Å²) in [5.41, 5.74) is 1.60. The summed E-state index contributed by atoms with van der Waals surface area (Å²) in [6.07, 6.45) is 0. The Morgan fingerprint density at radius 1 is 0.704 bits per heavy atom. The summed E-state index contributed by atoms with van der Waals surface area (Å²) >= 11 is 1.71. The third-order valence-corrected chi connectivity index (χ3v) is 6.44. The molecule has 0 spiro atoms. The van der Waals surface area contributed by atoms with Crippen LogP contribution in [0.25, 0.3) is 0 Å². The number of anilines is 3. The highest BCUT2D eigenvalue weighted by Crippen LogP contribution is 2.40. The molecule has 0 N–H and O–H groups in total. The summed E-state index contributed by atoms with van der Waals surface area (Å²) in [4.78, 5) is 2.26. The molecule has 2 aromatic carbocycles. The predicted molar refractivity (Wildman–Crippen MR) is 115 cm³/mol. The highest BCUT2D eigenvalue weighted by molar-refractivity contribution is 7.25. The molecule has 4 rings (SSSR count). The molecule has 1 aromatic heterocycles. The maximum Gasteiger partial charge on any atom is 0.505 e. The van der Waals surface area contributed by atoms with Gasteiger partial charge in [0.1, 0.15) is 0 Å². The zero-order valence-electron chi connectivity index (χ0n) is 16.2. The number of hydrogen-bond acceptors (Lipinski definition) is 4. The van der Waals surface area contributed by atoms with Crippen LogP contribution in [-0.4, -0.2) is 18.3 Å². The number of hydrogen-bond donors (Lipinski definition) is 0. The Hall–Kier alpha value is -2.08. The second kappa shape index (κ2) is 6.82. The monoisotopic (exact) mass is 377 g/mol. The van der Waals surface area contributed by atoms with Crippen LogP contribution in [0, 0.1) is 0 Å². The SMILES string of the molecule is CC1(C)OB(c2ccc(N(c3ccccc3)c3ccccc3)s2)OC1(C)C. The summed E-state index contributed by atoms with van der Waals surface area (Å²) in [5.74, 6) is 0. The van der Waals surface area contributed by atoms with Crippen molar-refractivity contribution in [2.24, 2.45) is 0 Å². The predicted octanol–water partition coefficient (Wildman–Crippen LogP) is 5.52. The van der Waals surface area contributed by atoms with Gasteiger partial charge in [-0.2, -0.15) is 0 Å². The number of benzene rings is 2. The average Bonchev–Trinajstić information content (AvgIpc) is 3.20. The summed E-state index contributed by atoms with van der Waals surface area (Å²) in [6.45, 7) is 8.34. The molecule has 3 nitrogen and oxygen atoms in total. The molecule has 2 heterocycles. The standard InChI is InChI=1S/C22H24BNO2S/c1-21(2)22(3,4)26-23(25-21)19-15-16-20(27-19)24(17-11-7-5-8-12-17)18-13-9-6-10-14-18/h5-16H,1-4H3. The van der Waals surface area contributed by atoms with E-state index in [2.05, 4.69) is 93.3 Å². The molecular formula is C22H24BNO2S. The number of thiophene rings is 1. The van der Waals surface area contributed by atoms with Gasteiger partial charge in [0.05, 0.1) is 16.2 Å². The van der Waals surface area contributed by atoms with Crippen LogP contribution in [0.2, 0.25) is 0 Å². The van der Waals surface area contributed by atoms with Gasteiger partial charge in [0.15, 0.2) is 0 Å². The van der Waals surface area contributed by atoms with Gasteiger partial charge in [0.25, 0.3) is 0 Å². The van der Waals surface area contributed by atoms with E-state index in [9.17, 15) is 0 Å². The molecule has 1 saturated heterocycles. The Labute approximate surface area is 165 Å². The number of para-hydroxylation sites is 2. The second-order valence-corrected chi connectivity index (χ2v) is 8.86. The van der Waals surface area contributed by atoms with Crippen LogP contribution in [0.4, 0.5) is 16.4 Å². The minimum Gasteiger partial charge on any atom is -0.399 e. The van der Waals surface area contributed by atoms with Crippen LogP contribution < -0.4 is 9.68 Å². The first-order chi connectivity index (χ1) is 12.9. The highest BCUT2D eigenvalue weighted by atomic mass is 32.1. The Bertz CT molecular complexity index is 853. The maximum atomic E-state index is 6.22. The lowest BCUT2D eigenvalue weighted by Gasteiger charge is -2.32. The molecular weight excluding hydrogens is 353 g/mol. The first-order valence-corrected chi connectivity index (χ1v) is 10.0. The lowest BCUT2D eigenvalue weighted by Crippen LogP contribution is -2.41. The van der Waals surface area contributed by atoms with Crippen molar-refractivity contribution in [3.8, 4) is 0 Å². The molecule has 0 unspecified atom stereocenters. The number of nitrogens with zero attached hydrogens (tertiary/aromatic N) is 1. The topological polar surface area (TPSA) is 21.7 Å². The number of rotatable bonds is 4. The first-order valence-electron chi connectivity index (χ1n) is 9.23. The second-order valence-electron chi connectivity index (χ2n) is 7.77. The minimum absolute atomic E-state index is 0.331. The normalized spacial score (nSPS) is 17.9. The Morgan fingerprint density at radius 2 is 1.19 bits per heavy atom. The smallest absolute Gasteiger partial charge is 0.399 e. The summed E-state index contributed by atoms with van der Waals surface area (Å²) < 4.78 is 13.5. The van der Waals surface area contributed by atoms with Gasteiger partial charge in [-0.3, -0.25) is 0 Å². The molecule has 1 aliphatic heterocycles. The van der Waals surface area contributed by atoms with Gasteiger partial charge in [-0.25, -0.2) is 0 Å². The minimum atomic E-state index is -0.333. The van der Waals surface area contributed by atoms with Crippen LogP contribution in [0.15, 0.2) is 72.8 Å². The van der Waals surface area contributed by atoms with E-state index in [4.69, 9.17) is 9.31 Å². The van der Waals surface area contributed by atoms with Crippen molar-refractivity contribution in [3.63, 3.8) is 0 Å². The molecule has 1 aliphatic rings. The largest absolute Gasteiger partial charge is 0.505 e. The van der Waals surface area contributed by atoms with Crippen molar-refractivity contribution in [2.75, 3.05) is 4.90 Å². The fourth-order valence-electron chi connectivity index (χ4n) is 3.11. The maximum absolute atomic E-state index is 6.22. The molecule has 0 amide bonds. The van der Waals surface area contributed by atoms with Crippen molar-refractivity contribution < 1.29 is 9.31 Å². The third-order valence-electron chi connectivity index (χ3n) is 5.35. The lowest BCUT2D eigenvalue weighted by molar-refractivity contribution is 0.00578. The van der Waals surface area contributed by atoms with Crippen LogP contribution in [-0.2, 0) is 9.31 Å². The van der Waals surface area contributed by atoms with Crippen LogP contribution >= 0.6 is 11.3 Å². The van der Waals surface area contributed by atoms with E-state index in [1.165, 1.54) is 0 Å². The van der Waals surface area contributed by atoms with Gasteiger partial charge < -0.3 is 14.2 Å². The Morgan fingerprint density at radius 3 is 1.67 bits per heavy atom. The summed E-state index contributed by atoms with van der Waals surface area (Å²) in [5, 5.41) is 1.14. The van der Waals surface area contributed by atoms with Gasteiger partial charge in [-0.15, -0.1) is 11.3 Å². The molecule has 3 aromatic rings. The molecule has 27 heavy (non-hydrogen) atoms. The van der Waals surface area contributed by atoms with Crippen molar-refractivity contribution in [2.45, 2.75) is 38.9 Å². The van der Waals surface area contributed by atoms with Crippen molar-refractivity contribution in [1.29, 1.82) is 0 Å². The molecule has 5 heteroatoms. The van der Waals surface area contributed by atoms with Crippen LogP contribution in [0.1, 0.15) is 27.7 Å².